The normalized spacial score (nSPS) is 14.1. The van der Waals surface area contributed by atoms with Crippen LogP contribution in [-0.4, -0.2) is 16.6 Å². The molecular weight excluding hydrogens is 236 g/mol. The number of benzene rings is 1. The highest BCUT2D eigenvalue weighted by molar-refractivity contribution is 5.37. The molecule has 0 amide bonds. The summed E-state index contributed by atoms with van der Waals surface area (Å²) < 4.78 is 0. The lowest BCUT2D eigenvalue weighted by Crippen LogP contribution is -2.21. The summed E-state index contributed by atoms with van der Waals surface area (Å²) in [6, 6.07) is 9.87. The lowest BCUT2D eigenvalue weighted by molar-refractivity contribution is 0.146. The summed E-state index contributed by atoms with van der Waals surface area (Å²) in [6.45, 7) is 4.44. The molecule has 2 rings (SSSR count). The molecular formula is C16H20N2O. The Bertz CT molecular complexity index is 519. The molecule has 1 heterocycles. The van der Waals surface area contributed by atoms with Crippen LogP contribution in [0.5, 0.6) is 0 Å². The number of aryl methyl sites for hydroxylation is 2. The van der Waals surface area contributed by atoms with Crippen molar-refractivity contribution < 1.29 is 5.11 Å². The van der Waals surface area contributed by atoms with E-state index < -0.39 is 6.10 Å². The second-order valence-corrected chi connectivity index (χ2v) is 4.87. The van der Waals surface area contributed by atoms with Crippen LogP contribution in [0.4, 0.5) is 0 Å². The lowest BCUT2D eigenvalue weighted by atomic mass is 9.86. The van der Waals surface area contributed by atoms with Crippen LogP contribution in [0.1, 0.15) is 34.3 Å². The molecule has 19 heavy (non-hydrogen) atoms. The summed E-state index contributed by atoms with van der Waals surface area (Å²) in [4.78, 5) is 4.01. The molecule has 100 valence electrons. The summed E-state index contributed by atoms with van der Waals surface area (Å²) in [5.41, 5.74) is 10.1. The Morgan fingerprint density at radius 1 is 1.11 bits per heavy atom. The van der Waals surface area contributed by atoms with Gasteiger partial charge in [0, 0.05) is 24.9 Å². The molecule has 2 unspecified atom stereocenters. The number of rotatable bonds is 4. The molecule has 0 fully saturated rings. The van der Waals surface area contributed by atoms with Crippen LogP contribution in [0.3, 0.4) is 0 Å². The zero-order valence-corrected chi connectivity index (χ0v) is 11.4. The van der Waals surface area contributed by atoms with Crippen LogP contribution in [0, 0.1) is 13.8 Å². The first-order valence-corrected chi connectivity index (χ1v) is 6.49. The fourth-order valence-electron chi connectivity index (χ4n) is 2.55. The van der Waals surface area contributed by atoms with Gasteiger partial charge in [0.05, 0.1) is 6.10 Å². The van der Waals surface area contributed by atoms with Crippen molar-refractivity contribution in [2.24, 2.45) is 5.73 Å². The van der Waals surface area contributed by atoms with E-state index in [2.05, 4.69) is 4.98 Å². The third-order valence-electron chi connectivity index (χ3n) is 3.61. The molecule has 3 N–H and O–H groups in total. The minimum absolute atomic E-state index is 0.109. The molecule has 1 aromatic heterocycles. The Morgan fingerprint density at radius 2 is 1.68 bits per heavy atom. The predicted octanol–water partition coefficient (Wildman–Crippen LogP) is 2.47. The van der Waals surface area contributed by atoms with Gasteiger partial charge >= 0.3 is 0 Å². The number of aliphatic hydroxyl groups is 1. The quantitative estimate of drug-likeness (QED) is 0.883. The van der Waals surface area contributed by atoms with Gasteiger partial charge in [-0.15, -0.1) is 0 Å². The average Bonchev–Trinajstić information content (AvgIpc) is 2.40. The van der Waals surface area contributed by atoms with Crippen molar-refractivity contribution in [1.82, 2.24) is 4.98 Å². The topological polar surface area (TPSA) is 59.1 Å². The standard InChI is InChI=1S/C16H20N2O/c1-11-4-3-5-12(2)15(11)16(19)14(10-17)13-6-8-18-9-7-13/h3-9,14,16,19H,10,17H2,1-2H3. The molecule has 0 aliphatic heterocycles. The maximum absolute atomic E-state index is 10.7. The zero-order chi connectivity index (χ0) is 13.8. The molecule has 0 saturated heterocycles. The van der Waals surface area contributed by atoms with Crippen LogP contribution < -0.4 is 5.73 Å². The largest absolute Gasteiger partial charge is 0.388 e. The van der Waals surface area contributed by atoms with E-state index in [4.69, 9.17) is 5.73 Å². The van der Waals surface area contributed by atoms with Gasteiger partial charge < -0.3 is 10.8 Å². The van der Waals surface area contributed by atoms with Gasteiger partial charge in [0.15, 0.2) is 0 Å². The van der Waals surface area contributed by atoms with Crippen LogP contribution >= 0.6 is 0 Å². The number of hydrogen-bond acceptors (Lipinski definition) is 3. The Labute approximate surface area is 114 Å². The van der Waals surface area contributed by atoms with Gasteiger partial charge in [-0.05, 0) is 48.2 Å². The summed E-state index contributed by atoms with van der Waals surface area (Å²) in [6.07, 6.45) is 2.87. The molecule has 0 saturated carbocycles. The molecule has 0 bridgehead atoms. The van der Waals surface area contributed by atoms with E-state index in [1.165, 1.54) is 0 Å². The van der Waals surface area contributed by atoms with E-state index in [0.717, 1.165) is 22.3 Å². The van der Waals surface area contributed by atoms with Crippen LogP contribution in [-0.2, 0) is 0 Å². The molecule has 3 heteroatoms. The van der Waals surface area contributed by atoms with Crippen LogP contribution in [0.2, 0.25) is 0 Å². The third kappa shape index (κ3) is 2.83. The van der Waals surface area contributed by atoms with E-state index in [9.17, 15) is 5.11 Å². The number of nitrogens with zero attached hydrogens (tertiary/aromatic N) is 1. The molecule has 2 atom stereocenters. The first-order chi connectivity index (χ1) is 9.15. The van der Waals surface area contributed by atoms with Gasteiger partial charge in [-0.3, -0.25) is 4.98 Å². The number of aliphatic hydroxyl groups excluding tert-OH is 1. The van der Waals surface area contributed by atoms with Crippen molar-refractivity contribution in [3.8, 4) is 0 Å². The minimum atomic E-state index is -0.589. The molecule has 0 radical (unpaired) electrons. The van der Waals surface area contributed by atoms with Crippen molar-refractivity contribution >= 4 is 0 Å². The van der Waals surface area contributed by atoms with Gasteiger partial charge in [0.2, 0.25) is 0 Å². The van der Waals surface area contributed by atoms with Crippen molar-refractivity contribution in [3.63, 3.8) is 0 Å². The van der Waals surface area contributed by atoms with Gasteiger partial charge in [0.25, 0.3) is 0 Å². The van der Waals surface area contributed by atoms with Crippen molar-refractivity contribution in [2.75, 3.05) is 6.54 Å². The third-order valence-corrected chi connectivity index (χ3v) is 3.61. The van der Waals surface area contributed by atoms with E-state index >= 15 is 0 Å². The minimum Gasteiger partial charge on any atom is -0.388 e. The molecule has 3 nitrogen and oxygen atoms in total. The monoisotopic (exact) mass is 256 g/mol. The van der Waals surface area contributed by atoms with Crippen molar-refractivity contribution in [3.05, 3.63) is 65.0 Å². The fourth-order valence-corrected chi connectivity index (χ4v) is 2.55. The second-order valence-electron chi connectivity index (χ2n) is 4.87. The van der Waals surface area contributed by atoms with Gasteiger partial charge in [-0.25, -0.2) is 0 Å². The zero-order valence-electron chi connectivity index (χ0n) is 11.4. The average molecular weight is 256 g/mol. The second kappa shape index (κ2) is 5.95. The van der Waals surface area contributed by atoms with E-state index in [0.29, 0.717) is 6.54 Å². The fraction of sp³-hybridized carbons (Fsp3) is 0.312. The van der Waals surface area contributed by atoms with E-state index in [1.54, 1.807) is 12.4 Å². The first kappa shape index (κ1) is 13.7. The molecule has 2 aromatic rings. The number of hydrogen-bond donors (Lipinski definition) is 2. The Morgan fingerprint density at radius 3 is 2.21 bits per heavy atom. The summed E-state index contributed by atoms with van der Waals surface area (Å²) in [5, 5.41) is 10.7. The molecule has 0 aliphatic rings. The molecule has 1 aromatic carbocycles. The maximum atomic E-state index is 10.7. The Balaban J connectivity index is 2.39. The smallest absolute Gasteiger partial charge is 0.0875 e. The SMILES string of the molecule is Cc1cccc(C)c1C(O)C(CN)c1ccncc1. The number of aromatic nitrogens is 1. The van der Waals surface area contributed by atoms with Gasteiger partial charge in [0.1, 0.15) is 0 Å². The Hall–Kier alpha value is -1.71. The highest BCUT2D eigenvalue weighted by Gasteiger charge is 2.23. The molecule has 0 spiro atoms. The number of pyridine rings is 1. The number of nitrogens with two attached hydrogens (primary N) is 1. The maximum Gasteiger partial charge on any atom is 0.0875 e. The van der Waals surface area contributed by atoms with E-state index in [1.807, 2.05) is 44.2 Å². The van der Waals surface area contributed by atoms with Gasteiger partial charge in [-0.1, -0.05) is 18.2 Å². The van der Waals surface area contributed by atoms with E-state index in [-0.39, 0.29) is 5.92 Å². The highest BCUT2D eigenvalue weighted by atomic mass is 16.3. The summed E-state index contributed by atoms with van der Waals surface area (Å²) in [7, 11) is 0. The lowest BCUT2D eigenvalue weighted by Gasteiger charge is -2.25. The van der Waals surface area contributed by atoms with Crippen molar-refractivity contribution in [1.29, 1.82) is 0 Å². The first-order valence-electron chi connectivity index (χ1n) is 6.49. The predicted molar refractivity (Wildman–Crippen MR) is 76.9 cm³/mol. The highest BCUT2D eigenvalue weighted by Crippen LogP contribution is 2.33. The van der Waals surface area contributed by atoms with Crippen LogP contribution in [0.15, 0.2) is 42.7 Å². The summed E-state index contributed by atoms with van der Waals surface area (Å²) in [5.74, 6) is -0.109. The van der Waals surface area contributed by atoms with Crippen LogP contribution in [0.25, 0.3) is 0 Å². The molecule has 0 aliphatic carbocycles. The summed E-state index contributed by atoms with van der Waals surface area (Å²) >= 11 is 0. The van der Waals surface area contributed by atoms with Gasteiger partial charge in [-0.2, -0.15) is 0 Å². The van der Waals surface area contributed by atoms with Crippen molar-refractivity contribution in [2.45, 2.75) is 25.9 Å². The Kier molecular flexibility index (Phi) is 4.30.